The van der Waals surface area contributed by atoms with Crippen LogP contribution >= 0.6 is 0 Å². The van der Waals surface area contributed by atoms with Crippen LogP contribution < -0.4 is 0 Å². The molecule has 0 aliphatic rings. The van der Waals surface area contributed by atoms with E-state index in [2.05, 4.69) is 35.8 Å². The first-order valence-electron chi connectivity index (χ1n) is 5.54. The first-order chi connectivity index (χ1) is 6.65. The van der Waals surface area contributed by atoms with E-state index in [1.807, 2.05) is 6.92 Å². The van der Waals surface area contributed by atoms with Crippen molar-refractivity contribution in [2.45, 2.75) is 53.5 Å². The Hall–Kier alpha value is -0.860. The largest absolute Gasteiger partial charge is 0.249 e. The molecule has 0 atom stereocenters. The Morgan fingerprint density at radius 1 is 1.36 bits per heavy atom. The van der Waals surface area contributed by atoms with Crippen LogP contribution in [-0.4, -0.2) is 15.0 Å². The van der Waals surface area contributed by atoms with Gasteiger partial charge in [-0.15, -0.1) is 5.10 Å². The van der Waals surface area contributed by atoms with E-state index < -0.39 is 0 Å². The molecule has 0 amide bonds. The topological polar surface area (TPSA) is 30.7 Å². The molecule has 0 spiro atoms. The van der Waals surface area contributed by atoms with E-state index in [0.29, 0.717) is 5.92 Å². The number of rotatable bonds is 5. The van der Waals surface area contributed by atoms with Gasteiger partial charge in [-0.25, -0.2) is 4.68 Å². The first kappa shape index (κ1) is 11.2. The van der Waals surface area contributed by atoms with Crippen LogP contribution in [0.25, 0.3) is 0 Å². The molecule has 0 fully saturated rings. The molecule has 0 aliphatic carbocycles. The van der Waals surface area contributed by atoms with E-state index in [9.17, 15) is 0 Å². The molecule has 1 aromatic rings. The summed E-state index contributed by atoms with van der Waals surface area (Å²) in [6.07, 6.45) is 3.48. The Morgan fingerprint density at radius 2 is 2.07 bits per heavy atom. The molecule has 0 aliphatic heterocycles. The van der Waals surface area contributed by atoms with Gasteiger partial charge in [0.15, 0.2) is 0 Å². The Morgan fingerprint density at radius 3 is 2.64 bits per heavy atom. The molecule has 1 rings (SSSR count). The Labute approximate surface area is 86.5 Å². The Kier molecular flexibility index (Phi) is 4.11. The number of nitrogens with zero attached hydrogens (tertiary/aromatic N) is 3. The summed E-state index contributed by atoms with van der Waals surface area (Å²) >= 11 is 0. The number of aryl methyl sites for hydroxylation is 2. The average Bonchev–Trinajstić information content (AvgIpc) is 2.45. The number of unbranched alkanes of at least 4 members (excludes halogenated alkanes) is 1. The van der Waals surface area contributed by atoms with Gasteiger partial charge in [0, 0.05) is 6.54 Å². The fourth-order valence-electron chi connectivity index (χ4n) is 1.55. The molecule has 80 valence electrons. The highest BCUT2D eigenvalue weighted by Gasteiger charge is 2.09. The molecule has 1 aromatic heterocycles. The third kappa shape index (κ3) is 2.82. The highest BCUT2D eigenvalue weighted by Crippen LogP contribution is 2.11. The molecule has 0 bridgehead atoms. The summed E-state index contributed by atoms with van der Waals surface area (Å²) in [6, 6.07) is 0. The minimum atomic E-state index is 0.674. The zero-order chi connectivity index (χ0) is 10.6. The summed E-state index contributed by atoms with van der Waals surface area (Å²) < 4.78 is 2.07. The summed E-state index contributed by atoms with van der Waals surface area (Å²) in [5.74, 6) is 0.674. The monoisotopic (exact) mass is 195 g/mol. The van der Waals surface area contributed by atoms with Crippen molar-refractivity contribution in [1.82, 2.24) is 15.0 Å². The van der Waals surface area contributed by atoms with Gasteiger partial charge in [-0.1, -0.05) is 32.4 Å². The smallest absolute Gasteiger partial charge is 0.0828 e. The standard InChI is InChI=1S/C11H21N3/c1-5-6-7-14-11(8-9(2)3)10(4)12-13-14/h9H,5-8H2,1-4H3. The lowest BCUT2D eigenvalue weighted by Gasteiger charge is -2.08. The average molecular weight is 195 g/mol. The van der Waals surface area contributed by atoms with Crippen LogP contribution in [0.2, 0.25) is 0 Å². The molecule has 0 saturated heterocycles. The van der Waals surface area contributed by atoms with Gasteiger partial charge < -0.3 is 0 Å². The molecule has 0 aromatic carbocycles. The van der Waals surface area contributed by atoms with E-state index in [4.69, 9.17) is 0 Å². The van der Waals surface area contributed by atoms with Gasteiger partial charge in [-0.05, 0) is 25.7 Å². The maximum absolute atomic E-state index is 4.17. The van der Waals surface area contributed by atoms with Gasteiger partial charge in [-0.3, -0.25) is 0 Å². The van der Waals surface area contributed by atoms with E-state index in [1.165, 1.54) is 18.5 Å². The van der Waals surface area contributed by atoms with Gasteiger partial charge in [0.25, 0.3) is 0 Å². The third-order valence-electron chi connectivity index (χ3n) is 2.36. The summed E-state index contributed by atoms with van der Waals surface area (Å²) in [7, 11) is 0. The predicted octanol–water partition coefficient (Wildman–Crippen LogP) is 2.59. The van der Waals surface area contributed by atoms with Crippen LogP contribution in [0.15, 0.2) is 0 Å². The van der Waals surface area contributed by atoms with E-state index in [1.54, 1.807) is 0 Å². The summed E-state index contributed by atoms with van der Waals surface area (Å²) in [6.45, 7) is 9.73. The van der Waals surface area contributed by atoms with Crippen LogP contribution in [0.5, 0.6) is 0 Å². The molecule has 0 radical (unpaired) electrons. The highest BCUT2D eigenvalue weighted by molar-refractivity contribution is 5.08. The third-order valence-corrected chi connectivity index (χ3v) is 2.36. The second-order valence-corrected chi connectivity index (χ2v) is 4.30. The lowest BCUT2D eigenvalue weighted by Crippen LogP contribution is -2.08. The second kappa shape index (κ2) is 5.13. The van der Waals surface area contributed by atoms with Crippen molar-refractivity contribution in [2.75, 3.05) is 0 Å². The molecular formula is C11H21N3. The van der Waals surface area contributed by atoms with Gasteiger partial charge >= 0.3 is 0 Å². The van der Waals surface area contributed by atoms with Crippen molar-refractivity contribution in [3.63, 3.8) is 0 Å². The van der Waals surface area contributed by atoms with Crippen molar-refractivity contribution in [1.29, 1.82) is 0 Å². The highest BCUT2D eigenvalue weighted by atomic mass is 15.4. The molecular weight excluding hydrogens is 174 g/mol. The van der Waals surface area contributed by atoms with Crippen molar-refractivity contribution in [3.8, 4) is 0 Å². The first-order valence-corrected chi connectivity index (χ1v) is 5.54. The lowest BCUT2D eigenvalue weighted by atomic mass is 10.1. The Bertz CT molecular complexity index is 276. The quantitative estimate of drug-likeness (QED) is 0.723. The van der Waals surface area contributed by atoms with Crippen LogP contribution in [0.4, 0.5) is 0 Å². The fraction of sp³-hybridized carbons (Fsp3) is 0.818. The summed E-state index contributed by atoms with van der Waals surface area (Å²) in [5.41, 5.74) is 2.41. The molecule has 0 unspecified atom stereocenters. The molecule has 14 heavy (non-hydrogen) atoms. The van der Waals surface area contributed by atoms with Crippen molar-refractivity contribution in [2.24, 2.45) is 5.92 Å². The summed E-state index contributed by atoms with van der Waals surface area (Å²) in [5, 5.41) is 8.31. The van der Waals surface area contributed by atoms with Crippen LogP contribution in [0.3, 0.4) is 0 Å². The molecule has 1 heterocycles. The number of aromatic nitrogens is 3. The second-order valence-electron chi connectivity index (χ2n) is 4.30. The minimum absolute atomic E-state index is 0.674. The number of hydrogen-bond acceptors (Lipinski definition) is 2. The Balaban J connectivity index is 2.72. The maximum atomic E-state index is 4.17. The lowest BCUT2D eigenvalue weighted by molar-refractivity contribution is 0.510. The maximum Gasteiger partial charge on any atom is 0.0828 e. The molecule has 0 N–H and O–H groups in total. The normalized spacial score (nSPS) is 11.2. The SMILES string of the molecule is CCCCn1nnc(C)c1CC(C)C. The van der Waals surface area contributed by atoms with Crippen LogP contribution in [0, 0.1) is 12.8 Å². The zero-order valence-corrected chi connectivity index (χ0v) is 9.75. The van der Waals surface area contributed by atoms with Gasteiger partial charge in [0.05, 0.1) is 11.4 Å². The van der Waals surface area contributed by atoms with Crippen molar-refractivity contribution < 1.29 is 0 Å². The van der Waals surface area contributed by atoms with Crippen molar-refractivity contribution in [3.05, 3.63) is 11.4 Å². The summed E-state index contributed by atoms with van der Waals surface area (Å²) in [4.78, 5) is 0. The van der Waals surface area contributed by atoms with E-state index in [0.717, 1.165) is 18.7 Å². The van der Waals surface area contributed by atoms with Crippen molar-refractivity contribution >= 4 is 0 Å². The fourth-order valence-corrected chi connectivity index (χ4v) is 1.55. The zero-order valence-electron chi connectivity index (χ0n) is 9.75. The van der Waals surface area contributed by atoms with Crippen LogP contribution in [0.1, 0.15) is 45.0 Å². The molecule has 3 nitrogen and oxygen atoms in total. The van der Waals surface area contributed by atoms with Crippen LogP contribution in [-0.2, 0) is 13.0 Å². The molecule has 0 saturated carbocycles. The minimum Gasteiger partial charge on any atom is -0.249 e. The van der Waals surface area contributed by atoms with Gasteiger partial charge in [-0.2, -0.15) is 0 Å². The predicted molar refractivity (Wildman–Crippen MR) is 58.2 cm³/mol. The van der Waals surface area contributed by atoms with Gasteiger partial charge in [0.2, 0.25) is 0 Å². The van der Waals surface area contributed by atoms with E-state index in [-0.39, 0.29) is 0 Å². The molecule has 3 heteroatoms. The van der Waals surface area contributed by atoms with Gasteiger partial charge in [0.1, 0.15) is 0 Å². The number of hydrogen-bond donors (Lipinski definition) is 0. The van der Waals surface area contributed by atoms with E-state index >= 15 is 0 Å².